The number of ether oxygens (including phenoxy) is 2. The van der Waals surface area contributed by atoms with E-state index in [0.717, 1.165) is 47.0 Å². The Balaban J connectivity index is 1.58. The number of aromatic nitrogens is 2. The number of rotatable bonds is 4. The van der Waals surface area contributed by atoms with Gasteiger partial charge in [-0.3, -0.25) is 0 Å². The molecule has 146 valence electrons. The molecular formula is C23H21N3O2S. The van der Waals surface area contributed by atoms with Gasteiger partial charge in [0.25, 0.3) is 0 Å². The molecule has 29 heavy (non-hydrogen) atoms. The van der Waals surface area contributed by atoms with Crippen molar-refractivity contribution in [2.45, 2.75) is 13.0 Å². The van der Waals surface area contributed by atoms with Crippen molar-refractivity contribution < 1.29 is 9.47 Å². The maximum atomic E-state index is 5.51. The minimum atomic E-state index is 0.765. The first kappa shape index (κ1) is 17.9. The average Bonchev–Trinajstić information content (AvgIpc) is 3.22. The van der Waals surface area contributed by atoms with E-state index in [9.17, 15) is 0 Å². The Labute approximate surface area is 173 Å². The number of hydrogen-bond donors (Lipinski definition) is 0. The Bertz CT molecular complexity index is 1170. The molecule has 2 aromatic heterocycles. The zero-order chi connectivity index (χ0) is 19.8. The molecule has 0 bridgehead atoms. The minimum absolute atomic E-state index is 0.765. The molecule has 0 aliphatic carbocycles. The van der Waals surface area contributed by atoms with Crippen LogP contribution in [0.25, 0.3) is 21.3 Å². The zero-order valence-corrected chi connectivity index (χ0v) is 17.2. The summed E-state index contributed by atoms with van der Waals surface area (Å²) in [6.07, 6.45) is 2.61. The minimum Gasteiger partial charge on any atom is -0.493 e. The molecule has 0 fully saturated rings. The van der Waals surface area contributed by atoms with Crippen LogP contribution < -0.4 is 14.4 Å². The van der Waals surface area contributed by atoms with E-state index in [0.29, 0.717) is 0 Å². The largest absolute Gasteiger partial charge is 0.493 e. The van der Waals surface area contributed by atoms with Gasteiger partial charge < -0.3 is 14.4 Å². The number of hydrogen-bond acceptors (Lipinski definition) is 6. The van der Waals surface area contributed by atoms with Crippen LogP contribution in [-0.2, 0) is 13.0 Å². The molecule has 0 spiro atoms. The van der Waals surface area contributed by atoms with Crippen molar-refractivity contribution in [2.24, 2.45) is 0 Å². The van der Waals surface area contributed by atoms with Crippen LogP contribution >= 0.6 is 11.3 Å². The fraction of sp³-hybridized carbons (Fsp3) is 0.217. The molecule has 0 atom stereocenters. The van der Waals surface area contributed by atoms with Crippen molar-refractivity contribution in [3.8, 4) is 22.6 Å². The highest BCUT2D eigenvalue weighted by molar-refractivity contribution is 7.17. The fourth-order valence-electron chi connectivity index (χ4n) is 3.99. The van der Waals surface area contributed by atoms with Crippen molar-refractivity contribution in [1.82, 2.24) is 9.97 Å². The van der Waals surface area contributed by atoms with Crippen LogP contribution in [0.3, 0.4) is 0 Å². The van der Waals surface area contributed by atoms with Gasteiger partial charge in [0.2, 0.25) is 0 Å². The predicted molar refractivity (Wildman–Crippen MR) is 117 cm³/mol. The molecule has 6 heteroatoms. The van der Waals surface area contributed by atoms with Crippen molar-refractivity contribution in [1.29, 1.82) is 0 Å². The van der Waals surface area contributed by atoms with E-state index in [1.54, 1.807) is 31.9 Å². The van der Waals surface area contributed by atoms with Gasteiger partial charge in [0.1, 0.15) is 17.0 Å². The molecule has 0 unspecified atom stereocenters. The number of methoxy groups -OCH3 is 2. The number of fused-ring (bicyclic) bond motifs is 2. The lowest BCUT2D eigenvalue weighted by molar-refractivity contribution is 0.353. The van der Waals surface area contributed by atoms with E-state index >= 15 is 0 Å². The lowest BCUT2D eigenvalue weighted by atomic mass is 9.98. The quantitative estimate of drug-likeness (QED) is 0.483. The average molecular weight is 404 g/mol. The van der Waals surface area contributed by atoms with Gasteiger partial charge in [-0.15, -0.1) is 11.3 Å². The summed E-state index contributed by atoms with van der Waals surface area (Å²) in [5.74, 6) is 2.55. The summed E-state index contributed by atoms with van der Waals surface area (Å²) >= 11 is 1.67. The van der Waals surface area contributed by atoms with E-state index in [2.05, 4.69) is 51.7 Å². The standard InChI is InChI=1S/C23H21N3O2S/c1-27-19-10-16-8-9-26(12-17(16)11-20(19)28-2)22-21-18(15-6-4-3-5-7-15)13-29-23(21)25-14-24-22/h3-7,10-11,13-14H,8-9,12H2,1-2H3. The highest BCUT2D eigenvalue weighted by Gasteiger charge is 2.23. The van der Waals surface area contributed by atoms with E-state index in [-0.39, 0.29) is 0 Å². The highest BCUT2D eigenvalue weighted by atomic mass is 32.1. The van der Waals surface area contributed by atoms with Crippen molar-refractivity contribution in [3.63, 3.8) is 0 Å². The third-order valence-corrected chi connectivity index (χ3v) is 6.34. The first-order valence-electron chi connectivity index (χ1n) is 9.55. The molecule has 0 radical (unpaired) electrons. The number of thiophene rings is 1. The van der Waals surface area contributed by atoms with Crippen LogP contribution in [0, 0.1) is 0 Å². The Morgan fingerprint density at radius 3 is 2.48 bits per heavy atom. The van der Waals surface area contributed by atoms with Gasteiger partial charge >= 0.3 is 0 Å². The lowest BCUT2D eigenvalue weighted by Gasteiger charge is -2.31. The van der Waals surface area contributed by atoms with Gasteiger partial charge in [-0.1, -0.05) is 30.3 Å². The molecule has 0 saturated heterocycles. The van der Waals surface area contributed by atoms with Gasteiger partial charge in [-0.2, -0.15) is 0 Å². The van der Waals surface area contributed by atoms with Crippen molar-refractivity contribution in [2.75, 3.05) is 25.7 Å². The molecule has 0 saturated carbocycles. The van der Waals surface area contributed by atoms with Gasteiger partial charge in [0.15, 0.2) is 11.5 Å². The molecule has 1 aliphatic rings. The van der Waals surface area contributed by atoms with E-state index in [1.165, 1.54) is 22.3 Å². The third kappa shape index (κ3) is 3.09. The van der Waals surface area contributed by atoms with Gasteiger partial charge in [0.05, 0.1) is 19.6 Å². The summed E-state index contributed by atoms with van der Waals surface area (Å²) in [6, 6.07) is 14.6. The van der Waals surface area contributed by atoms with E-state index in [4.69, 9.17) is 14.5 Å². The van der Waals surface area contributed by atoms with Gasteiger partial charge in [-0.05, 0) is 35.2 Å². The second-order valence-corrected chi connectivity index (χ2v) is 7.90. The number of anilines is 1. The molecule has 3 heterocycles. The smallest absolute Gasteiger partial charge is 0.161 e. The molecular weight excluding hydrogens is 382 g/mol. The Kier molecular flexibility index (Phi) is 4.56. The normalized spacial score (nSPS) is 13.4. The Morgan fingerprint density at radius 2 is 1.72 bits per heavy atom. The molecule has 0 N–H and O–H groups in total. The van der Waals surface area contributed by atoms with Crippen LogP contribution in [0.5, 0.6) is 11.5 Å². The summed E-state index contributed by atoms with van der Waals surface area (Å²) in [5, 5.41) is 3.32. The molecule has 1 aliphatic heterocycles. The van der Waals surface area contributed by atoms with Gasteiger partial charge in [-0.25, -0.2) is 9.97 Å². The molecule has 4 aromatic rings. The zero-order valence-electron chi connectivity index (χ0n) is 16.4. The van der Waals surface area contributed by atoms with E-state index < -0.39 is 0 Å². The SMILES string of the molecule is COc1cc2c(cc1OC)CN(c1ncnc3scc(-c4ccccc4)c13)CC2. The number of nitrogens with zero attached hydrogens (tertiary/aromatic N) is 3. The first-order chi connectivity index (χ1) is 14.3. The topological polar surface area (TPSA) is 47.5 Å². The molecule has 0 amide bonds. The maximum absolute atomic E-state index is 5.51. The third-order valence-electron chi connectivity index (χ3n) is 5.45. The molecule has 2 aromatic carbocycles. The Morgan fingerprint density at radius 1 is 0.966 bits per heavy atom. The highest BCUT2D eigenvalue weighted by Crippen LogP contribution is 2.40. The van der Waals surface area contributed by atoms with Crippen LogP contribution in [0.4, 0.5) is 5.82 Å². The van der Waals surface area contributed by atoms with Crippen LogP contribution in [0.1, 0.15) is 11.1 Å². The summed E-state index contributed by atoms with van der Waals surface area (Å²) in [4.78, 5) is 12.6. The Hall–Kier alpha value is -3.12. The lowest BCUT2D eigenvalue weighted by Crippen LogP contribution is -2.31. The fourth-order valence-corrected chi connectivity index (χ4v) is 4.90. The van der Waals surface area contributed by atoms with Gasteiger partial charge in [0, 0.05) is 24.0 Å². The monoisotopic (exact) mass is 403 g/mol. The maximum Gasteiger partial charge on any atom is 0.161 e. The summed E-state index contributed by atoms with van der Waals surface area (Å²) in [6.45, 7) is 1.69. The summed E-state index contributed by atoms with van der Waals surface area (Å²) in [7, 11) is 3.36. The second-order valence-electron chi connectivity index (χ2n) is 7.04. The summed E-state index contributed by atoms with van der Waals surface area (Å²) in [5.41, 5.74) is 4.94. The van der Waals surface area contributed by atoms with Crippen LogP contribution in [-0.4, -0.2) is 30.7 Å². The second kappa shape index (κ2) is 7.37. The van der Waals surface area contributed by atoms with Crippen molar-refractivity contribution >= 4 is 27.4 Å². The molecule has 5 nitrogen and oxygen atoms in total. The summed E-state index contributed by atoms with van der Waals surface area (Å²) < 4.78 is 11.0. The van der Waals surface area contributed by atoms with Crippen LogP contribution in [0.2, 0.25) is 0 Å². The number of benzene rings is 2. The van der Waals surface area contributed by atoms with Crippen molar-refractivity contribution in [3.05, 3.63) is 65.3 Å². The van der Waals surface area contributed by atoms with Crippen LogP contribution in [0.15, 0.2) is 54.2 Å². The molecule has 5 rings (SSSR count). The first-order valence-corrected chi connectivity index (χ1v) is 10.4. The van der Waals surface area contributed by atoms with E-state index in [1.807, 2.05) is 6.07 Å². The predicted octanol–water partition coefficient (Wildman–Crippen LogP) is 4.94.